The van der Waals surface area contributed by atoms with Gasteiger partial charge in [-0.3, -0.25) is 19.2 Å². The van der Waals surface area contributed by atoms with Crippen LogP contribution in [0, 0.1) is 0 Å². The molecule has 0 radical (unpaired) electrons. The number of carboxylic acid groups (broad SMARTS) is 1. The van der Waals surface area contributed by atoms with Gasteiger partial charge in [-0.05, 0) is 6.92 Å². The molecule has 0 spiro atoms. The number of aliphatic hydroxyl groups excluding tert-OH is 1. The molecular formula is C16H25N7O7. The molecule has 4 atom stereocenters. The van der Waals surface area contributed by atoms with E-state index in [9.17, 15) is 29.1 Å². The van der Waals surface area contributed by atoms with Crippen LogP contribution < -0.4 is 27.4 Å². The van der Waals surface area contributed by atoms with E-state index in [1.54, 1.807) is 0 Å². The summed E-state index contributed by atoms with van der Waals surface area (Å²) in [6, 6.07) is -4.41. The van der Waals surface area contributed by atoms with E-state index in [1.807, 2.05) is 5.32 Å². The topological polar surface area (TPSA) is 243 Å². The first-order valence-electron chi connectivity index (χ1n) is 8.81. The fraction of sp³-hybridized carbons (Fsp3) is 0.500. The number of rotatable bonds is 12. The average molecular weight is 427 g/mol. The van der Waals surface area contributed by atoms with Crippen LogP contribution in [0.3, 0.4) is 0 Å². The monoisotopic (exact) mass is 427 g/mol. The van der Waals surface area contributed by atoms with Gasteiger partial charge in [-0.1, -0.05) is 0 Å². The van der Waals surface area contributed by atoms with Crippen molar-refractivity contribution >= 4 is 29.6 Å². The number of imidazole rings is 1. The summed E-state index contributed by atoms with van der Waals surface area (Å²) in [5.41, 5.74) is 10.9. The van der Waals surface area contributed by atoms with Crippen molar-refractivity contribution in [3.8, 4) is 0 Å². The Morgan fingerprint density at radius 3 is 2.23 bits per heavy atom. The number of nitrogens with zero attached hydrogens (tertiary/aromatic N) is 1. The number of H-pyrrole nitrogens is 1. The van der Waals surface area contributed by atoms with Crippen molar-refractivity contribution in [2.45, 2.75) is 44.0 Å². The standard InChI is InChI=1S/C16H25N7O7/c1-7(24)13(16(29)30)23-15(28)10(3-11(18)25)22-14(27)9(21-12(26)4-17)2-8-5-19-6-20-8/h5-7,9-10,13,24H,2-4,17H2,1H3,(H2,18,25)(H,19,20)(H,21,26)(H,22,27)(H,23,28)(H,29,30). The van der Waals surface area contributed by atoms with Crippen LogP contribution in [0.25, 0.3) is 0 Å². The molecule has 0 aliphatic rings. The maximum absolute atomic E-state index is 12.7. The lowest BCUT2D eigenvalue weighted by molar-refractivity contribution is -0.145. The van der Waals surface area contributed by atoms with E-state index in [2.05, 4.69) is 20.6 Å². The molecule has 14 heteroatoms. The van der Waals surface area contributed by atoms with E-state index in [1.165, 1.54) is 12.5 Å². The molecule has 166 valence electrons. The molecule has 0 aromatic carbocycles. The van der Waals surface area contributed by atoms with Crippen molar-refractivity contribution in [1.29, 1.82) is 0 Å². The molecule has 0 saturated heterocycles. The second-order valence-corrected chi connectivity index (χ2v) is 6.40. The third-order valence-corrected chi connectivity index (χ3v) is 3.90. The van der Waals surface area contributed by atoms with Crippen LogP contribution in [-0.4, -0.2) is 80.6 Å². The Morgan fingerprint density at radius 2 is 1.77 bits per heavy atom. The van der Waals surface area contributed by atoms with Crippen LogP contribution in [0.4, 0.5) is 0 Å². The Kier molecular flexibility index (Phi) is 9.38. The van der Waals surface area contributed by atoms with Gasteiger partial charge in [0.25, 0.3) is 0 Å². The number of amides is 4. The SMILES string of the molecule is CC(O)C(NC(=O)C(CC(N)=O)NC(=O)C(Cc1cnc[nH]1)NC(=O)CN)C(=O)O. The highest BCUT2D eigenvalue weighted by molar-refractivity contribution is 5.95. The molecule has 0 aliphatic carbocycles. The smallest absolute Gasteiger partial charge is 0.328 e. The van der Waals surface area contributed by atoms with E-state index >= 15 is 0 Å². The number of hydrogen-bond donors (Lipinski definition) is 8. The fourth-order valence-electron chi connectivity index (χ4n) is 2.40. The molecule has 4 unspecified atom stereocenters. The number of nitrogens with two attached hydrogens (primary N) is 2. The summed E-state index contributed by atoms with van der Waals surface area (Å²) >= 11 is 0. The summed E-state index contributed by atoms with van der Waals surface area (Å²) in [6.07, 6.45) is 0.649. The Labute approximate surface area is 170 Å². The zero-order valence-electron chi connectivity index (χ0n) is 16.1. The molecule has 1 heterocycles. The molecule has 0 saturated carbocycles. The minimum absolute atomic E-state index is 0.0338. The highest BCUT2D eigenvalue weighted by atomic mass is 16.4. The van der Waals surface area contributed by atoms with Crippen LogP contribution in [-0.2, 0) is 30.4 Å². The van der Waals surface area contributed by atoms with E-state index in [0.29, 0.717) is 5.69 Å². The molecule has 10 N–H and O–H groups in total. The van der Waals surface area contributed by atoms with Crippen LogP contribution in [0.1, 0.15) is 19.0 Å². The first-order valence-corrected chi connectivity index (χ1v) is 8.81. The number of aromatic amines is 1. The second-order valence-electron chi connectivity index (χ2n) is 6.40. The number of carbonyl (C=O) groups excluding carboxylic acids is 4. The third kappa shape index (κ3) is 7.84. The molecule has 1 rings (SSSR count). The molecule has 0 bridgehead atoms. The fourth-order valence-corrected chi connectivity index (χ4v) is 2.40. The van der Waals surface area contributed by atoms with E-state index < -0.39 is 66.8 Å². The summed E-state index contributed by atoms with van der Waals surface area (Å²) in [7, 11) is 0. The van der Waals surface area contributed by atoms with Crippen LogP contribution in [0.2, 0.25) is 0 Å². The first kappa shape index (κ1) is 24.5. The lowest BCUT2D eigenvalue weighted by Crippen LogP contribution is -2.58. The zero-order valence-corrected chi connectivity index (χ0v) is 16.1. The van der Waals surface area contributed by atoms with E-state index in [4.69, 9.17) is 16.6 Å². The van der Waals surface area contributed by atoms with Crippen molar-refractivity contribution < 1.29 is 34.2 Å². The average Bonchev–Trinajstić information content (AvgIpc) is 3.16. The van der Waals surface area contributed by atoms with Gasteiger partial charge in [0, 0.05) is 18.3 Å². The summed E-state index contributed by atoms with van der Waals surface area (Å²) in [5.74, 6) is -5.02. The van der Waals surface area contributed by atoms with Gasteiger partial charge < -0.3 is 42.6 Å². The summed E-state index contributed by atoms with van der Waals surface area (Å²) in [5, 5.41) is 25.2. The lowest BCUT2D eigenvalue weighted by atomic mass is 10.1. The minimum Gasteiger partial charge on any atom is -0.480 e. The Balaban J connectivity index is 2.99. The van der Waals surface area contributed by atoms with Gasteiger partial charge in [0.1, 0.15) is 12.1 Å². The maximum atomic E-state index is 12.7. The molecule has 4 amide bonds. The number of nitrogens with one attached hydrogen (secondary N) is 4. The van der Waals surface area contributed by atoms with Gasteiger partial charge in [-0.25, -0.2) is 9.78 Å². The molecule has 1 aromatic heterocycles. The Morgan fingerprint density at radius 1 is 1.13 bits per heavy atom. The molecule has 0 aliphatic heterocycles. The second kappa shape index (κ2) is 11.5. The van der Waals surface area contributed by atoms with Crippen LogP contribution in [0.5, 0.6) is 0 Å². The van der Waals surface area contributed by atoms with Gasteiger partial charge in [0.05, 0.1) is 25.4 Å². The number of aromatic nitrogens is 2. The number of primary amides is 1. The number of aliphatic hydroxyl groups is 1. The highest BCUT2D eigenvalue weighted by Gasteiger charge is 2.32. The van der Waals surface area contributed by atoms with Crippen molar-refractivity contribution in [2.75, 3.05) is 6.54 Å². The van der Waals surface area contributed by atoms with Crippen molar-refractivity contribution in [3.05, 3.63) is 18.2 Å². The van der Waals surface area contributed by atoms with E-state index in [-0.39, 0.29) is 6.42 Å². The van der Waals surface area contributed by atoms with Gasteiger partial charge in [-0.15, -0.1) is 0 Å². The Bertz CT molecular complexity index is 766. The van der Waals surface area contributed by atoms with Crippen LogP contribution >= 0.6 is 0 Å². The highest BCUT2D eigenvalue weighted by Crippen LogP contribution is 2.03. The number of carbonyl (C=O) groups is 5. The van der Waals surface area contributed by atoms with Gasteiger partial charge in [0.2, 0.25) is 23.6 Å². The number of hydrogen-bond acceptors (Lipinski definition) is 8. The Hall–Kier alpha value is -3.52. The van der Waals surface area contributed by atoms with Crippen molar-refractivity contribution in [3.63, 3.8) is 0 Å². The predicted molar refractivity (Wildman–Crippen MR) is 100 cm³/mol. The molecular weight excluding hydrogens is 402 g/mol. The number of carboxylic acids is 1. The molecule has 1 aromatic rings. The normalized spacial score (nSPS) is 14.6. The molecule has 0 fully saturated rings. The lowest BCUT2D eigenvalue weighted by Gasteiger charge is -2.24. The first-order chi connectivity index (χ1) is 14.0. The summed E-state index contributed by atoms with van der Waals surface area (Å²) < 4.78 is 0. The van der Waals surface area contributed by atoms with Crippen LogP contribution in [0.15, 0.2) is 12.5 Å². The largest absolute Gasteiger partial charge is 0.480 e. The number of aliphatic carboxylic acids is 1. The summed E-state index contributed by atoms with van der Waals surface area (Å²) in [4.78, 5) is 65.8. The quantitative estimate of drug-likeness (QED) is 0.161. The summed E-state index contributed by atoms with van der Waals surface area (Å²) in [6.45, 7) is 0.746. The van der Waals surface area contributed by atoms with Gasteiger partial charge in [0.15, 0.2) is 6.04 Å². The van der Waals surface area contributed by atoms with Gasteiger partial charge in [-0.2, -0.15) is 0 Å². The predicted octanol–water partition coefficient (Wildman–Crippen LogP) is -4.29. The maximum Gasteiger partial charge on any atom is 0.328 e. The van der Waals surface area contributed by atoms with E-state index in [0.717, 1.165) is 6.92 Å². The molecule has 14 nitrogen and oxygen atoms in total. The molecule has 30 heavy (non-hydrogen) atoms. The zero-order chi connectivity index (χ0) is 22.8. The minimum atomic E-state index is -1.68. The van der Waals surface area contributed by atoms with Gasteiger partial charge >= 0.3 is 5.97 Å². The van der Waals surface area contributed by atoms with Crippen molar-refractivity contribution in [2.24, 2.45) is 11.5 Å². The van der Waals surface area contributed by atoms with Crippen molar-refractivity contribution in [1.82, 2.24) is 25.9 Å². The third-order valence-electron chi connectivity index (χ3n) is 3.90.